The Morgan fingerprint density at radius 1 is 1.58 bits per heavy atom. The van der Waals surface area contributed by atoms with Crippen LogP contribution in [-0.4, -0.2) is 37.8 Å². The molecule has 2 unspecified atom stereocenters. The van der Waals surface area contributed by atoms with E-state index in [1.54, 1.807) is 0 Å². The summed E-state index contributed by atoms with van der Waals surface area (Å²) in [6.07, 6.45) is 2.27. The number of rotatable bonds is 6. The number of nitrogens with zero attached hydrogens (tertiary/aromatic N) is 2. The van der Waals surface area contributed by atoms with Gasteiger partial charge in [-0.2, -0.15) is 0 Å². The van der Waals surface area contributed by atoms with Crippen LogP contribution >= 0.6 is 11.3 Å². The smallest absolute Gasteiger partial charge is 0.185 e. The third-order valence-electron chi connectivity index (χ3n) is 3.67. The largest absolute Gasteiger partial charge is 0.379 e. The highest BCUT2D eigenvalue weighted by Crippen LogP contribution is 2.32. The zero-order valence-electron chi connectivity index (χ0n) is 12.4. The van der Waals surface area contributed by atoms with E-state index in [1.807, 2.05) is 11.3 Å². The second kappa shape index (κ2) is 6.68. The molecule has 2 heterocycles. The van der Waals surface area contributed by atoms with Crippen molar-refractivity contribution in [1.82, 2.24) is 10.3 Å². The lowest BCUT2D eigenvalue weighted by Gasteiger charge is -2.22. The van der Waals surface area contributed by atoms with E-state index >= 15 is 0 Å². The summed E-state index contributed by atoms with van der Waals surface area (Å²) in [4.78, 5) is 8.37. The van der Waals surface area contributed by atoms with Crippen LogP contribution in [0.5, 0.6) is 0 Å². The number of likely N-dealkylation sites (N-methyl/N-ethyl adjacent to an activating group) is 1. The first-order chi connectivity index (χ1) is 9.13. The van der Waals surface area contributed by atoms with Crippen molar-refractivity contribution < 1.29 is 4.74 Å². The van der Waals surface area contributed by atoms with Crippen LogP contribution in [0.1, 0.15) is 43.3 Å². The van der Waals surface area contributed by atoms with Gasteiger partial charge >= 0.3 is 0 Å². The molecule has 108 valence electrons. The minimum atomic E-state index is 0.388. The SMILES string of the molecule is CCCNC(C)c1sc(N(C)C2CCOC2)nc1C. The molecule has 5 heteroatoms. The fourth-order valence-electron chi connectivity index (χ4n) is 2.38. The molecule has 1 saturated heterocycles. The lowest BCUT2D eigenvalue weighted by molar-refractivity contribution is 0.193. The number of aromatic nitrogens is 1. The number of anilines is 1. The molecule has 0 spiro atoms. The predicted molar refractivity (Wildman–Crippen MR) is 81.2 cm³/mol. The van der Waals surface area contributed by atoms with Gasteiger partial charge < -0.3 is 15.0 Å². The number of thiazole rings is 1. The fraction of sp³-hybridized carbons (Fsp3) is 0.786. The highest BCUT2D eigenvalue weighted by Gasteiger charge is 2.24. The molecule has 0 aliphatic carbocycles. The van der Waals surface area contributed by atoms with Crippen molar-refractivity contribution in [2.45, 2.75) is 45.7 Å². The molecule has 1 N–H and O–H groups in total. The summed E-state index contributed by atoms with van der Waals surface area (Å²) in [7, 11) is 2.13. The molecule has 1 aromatic rings. The van der Waals surface area contributed by atoms with Crippen LogP contribution in [0.3, 0.4) is 0 Å². The summed E-state index contributed by atoms with van der Waals surface area (Å²) >= 11 is 1.81. The van der Waals surface area contributed by atoms with Gasteiger partial charge in [0.05, 0.1) is 18.3 Å². The summed E-state index contributed by atoms with van der Waals surface area (Å²) in [6, 6.07) is 0.872. The summed E-state index contributed by atoms with van der Waals surface area (Å²) in [5.41, 5.74) is 1.15. The standard InChI is InChI=1S/C14H25N3OS/c1-5-7-15-10(2)13-11(3)16-14(19-13)17(4)12-6-8-18-9-12/h10,12,15H,5-9H2,1-4H3. The van der Waals surface area contributed by atoms with E-state index in [-0.39, 0.29) is 0 Å². The summed E-state index contributed by atoms with van der Waals surface area (Å²) in [5, 5.41) is 4.66. The normalized spacial score (nSPS) is 20.7. The third-order valence-corrected chi connectivity index (χ3v) is 5.10. The van der Waals surface area contributed by atoms with Crippen molar-refractivity contribution in [3.8, 4) is 0 Å². The summed E-state index contributed by atoms with van der Waals surface area (Å²) in [5.74, 6) is 0. The monoisotopic (exact) mass is 283 g/mol. The fourth-order valence-corrected chi connectivity index (χ4v) is 3.51. The van der Waals surface area contributed by atoms with Crippen LogP contribution in [0.25, 0.3) is 0 Å². The van der Waals surface area contributed by atoms with E-state index in [0.29, 0.717) is 12.1 Å². The topological polar surface area (TPSA) is 37.4 Å². The summed E-state index contributed by atoms with van der Waals surface area (Å²) < 4.78 is 5.46. The van der Waals surface area contributed by atoms with Crippen molar-refractivity contribution in [2.75, 3.05) is 31.7 Å². The Labute approximate surface area is 120 Å². The van der Waals surface area contributed by atoms with Crippen molar-refractivity contribution in [1.29, 1.82) is 0 Å². The first-order valence-corrected chi connectivity index (χ1v) is 7.96. The zero-order chi connectivity index (χ0) is 13.8. The third kappa shape index (κ3) is 3.46. The minimum absolute atomic E-state index is 0.388. The molecular formula is C14H25N3OS. The number of hydrogen-bond acceptors (Lipinski definition) is 5. The average molecular weight is 283 g/mol. The van der Waals surface area contributed by atoms with Crippen LogP contribution in [0.15, 0.2) is 0 Å². The molecule has 1 aliphatic heterocycles. The second-order valence-electron chi connectivity index (χ2n) is 5.25. The van der Waals surface area contributed by atoms with E-state index in [1.165, 1.54) is 4.88 Å². The zero-order valence-corrected chi connectivity index (χ0v) is 13.2. The molecule has 1 aliphatic rings. The van der Waals surface area contributed by atoms with E-state index in [2.05, 4.69) is 38.0 Å². The predicted octanol–water partition coefficient (Wildman–Crippen LogP) is 2.74. The van der Waals surface area contributed by atoms with Crippen molar-refractivity contribution in [2.24, 2.45) is 0 Å². The molecule has 1 aromatic heterocycles. The molecule has 2 rings (SSSR count). The number of aryl methyl sites for hydroxylation is 1. The first kappa shape index (κ1) is 14.8. The minimum Gasteiger partial charge on any atom is -0.379 e. The van der Waals surface area contributed by atoms with Crippen molar-refractivity contribution in [3.63, 3.8) is 0 Å². The molecule has 19 heavy (non-hydrogen) atoms. The van der Waals surface area contributed by atoms with Gasteiger partial charge in [-0.1, -0.05) is 6.92 Å². The molecule has 4 nitrogen and oxygen atoms in total. The summed E-state index contributed by atoms with van der Waals surface area (Å²) in [6.45, 7) is 9.28. The molecule has 1 fully saturated rings. The number of nitrogens with one attached hydrogen (secondary N) is 1. The van der Waals surface area contributed by atoms with Gasteiger partial charge in [-0.05, 0) is 33.2 Å². The lowest BCUT2D eigenvalue weighted by atomic mass is 10.2. The average Bonchev–Trinajstić information content (AvgIpc) is 3.04. The molecule has 0 bridgehead atoms. The molecule has 0 radical (unpaired) electrons. The molecule has 0 amide bonds. The Bertz CT molecular complexity index is 401. The van der Waals surface area contributed by atoms with E-state index in [0.717, 1.165) is 43.4 Å². The number of ether oxygens (including phenoxy) is 1. The maximum absolute atomic E-state index is 5.46. The maximum atomic E-state index is 5.46. The van der Waals surface area contributed by atoms with E-state index < -0.39 is 0 Å². The second-order valence-corrected chi connectivity index (χ2v) is 6.26. The first-order valence-electron chi connectivity index (χ1n) is 7.14. The van der Waals surface area contributed by atoms with E-state index in [4.69, 9.17) is 9.72 Å². The van der Waals surface area contributed by atoms with Crippen LogP contribution in [0, 0.1) is 6.92 Å². The highest BCUT2D eigenvalue weighted by molar-refractivity contribution is 7.15. The Morgan fingerprint density at radius 2 is 2.37 bits per heavy atom. The van der Waals surface area contributed by atoms with Crippen LogP contribution in [0.4, 0.5) is 5.13 Å². The van der Waals surface area contributed by atoms with Gasteiger partial charge in [-0.3, -0.25) is 0 Å². The Morgan fingerprint density at radius 3 is 3.00 bits per heavy atom. The quantitative estimate of drug-likeness (QED) is 0.871. The Kier molecular flexibility index (Phi) is 5.19. The van der Waals surface area contributed by atoms with Crippen molar-refractivity contribution >= 4 is 16.5 Å². The van der Waals surface area contributed by atoms with Gasteiger partial charge in [0.25, 0.3) is 0 Å². The lowest BCUT2D eigenvalue weighted by Crippen LogP contribution is -2.31. The van der Waals surface area contributed by atoms with Gasteiger partial charge in [0.15, 0.2) is 5.13 Å². The number of hydrogen-bond donors (Lipinski definition) is 1. The van der Waals surface area contributed by atoms with E-state index in [9.17, 15) is 0 Å². The molecular weight excluding hydrogens is 258 g/mol. The van der Waals surface area contributed by atoms with Gasteiger partial charge in [0, 0.05) is 24.6 Å². The Balaban J connectivity index is 2.06. The van der Waals surface area contributed by atoms with Gasteiger partial charge in [0.1, 0.15) is 0 Å². The van der Waals surface area contributed by atoms with Crippen LogP contribution < -0.4 is 10.2 Å². The van der Waals surface area contributed by atoms with Gasteiger partial charge in [-0.25, -0.2) is 4.98 Å². The highest BCUT2D eigenvalue weighted by atomic mass is 32.1. The van der Waals surface area contributed by atoms with Crippen LogP contribution in [-0.2, 0) is 4.74 Å². The van der Waals surface area contributed by atoms with Gasteiger partial charge in [-0.15, -0.1) is 11.3 Å². The van der Waals surface area contributed by atoms with Gasteiger partial charge in [0.2, 0.25) is 0 Å². The maximum Gasteiger partial charge on any atom is 0.185 e. The molecule has 2 atom stereocenters. The molecule has 0 saturated carbocycles. The Hall–Kier alpha value is -0.650. The molecule has 0 aromatic carbocycles. The van der Waals surface area contributed by atoms with Crippen LogP contribution in [0.2, 0.25) is 0 Å². The van der Waals surface area contributed by atoms with Crippen molar-refractivity contribution in [3.05, 3.63) is 10.6 Å².